The molecule has 0 saturated heterocycles. The number of aliphatic hydroxyl groups excluding tert-OH is 1. The van der Waals surface area contributed by atoms with Crippen LogP contribution in [0.15, 0.2) is 0 Å². The average molecular weight is 471 g/mol. The maximum Gasteiger partial charge on any atom is 0.305 e. The number of carbonyl (C=O) groups excluding carboxylic acids is 2. The molecule has 0 aliphatic heterocycles. The molecule has 5 nitrogen and oxygen atoms in total. The Morgan fingerprint density at radius 2 is 0.970 bits per heavy atom. The highest BCUT2D eigenvalue weighted by atomic mass is 16.6. The van der Waals surface area contributed by atoms with Crippen LogP contribution in [-0.2, 0) is 19.1 Å². The van der Waals surface area contributed by atoms with Crippen molar-refractivity contribution in [2.24, 2.45) is 5.92 Å². The smallest absolute Gasteiger partial charge is 0.305 e. The highest BCUT2D eigenvalue weighted by Crippen LogP contribution is 2.13. The lowest BCUT2D eigenvalue weighted by molar-refractivity contribution is -0.152. The predicted molar refractivity (Wildman–Crippen MR) is 136 cm³/mol. The third kappa shape index (κ3) is 25.4. The molecule has 0 rings (SSSR count). The average Bonchev–Trinajstić information content (AvgIpc) is 2.79. The lowest BCUT2D eigenvalue weighted by Gasteiger charge is -2.12. The summed E-state index contributed by atoms with van der Waals surface area (Å²) < 4.78 is 10.2. The molecule has 0 amide bonds. The molecule has 0 aliphatic rings. The van der Waals surface area contributed by atoms with E-state index in [-0.39, 0.29) is 25.2 Å². The second-order valence-corrected chi connectivity index (χ2v) is 10.0. The minimum atomic E-state index is -0.952. The van der Waals surface area contributed by atoms with Crippen molar-refractivity contribution in [2.75, 3.05) is 13.2 Å². The fourth-order valence-electron chi connectivity index (χ4n) is 3.86. The zero-order valence-electron chi connectivity index (χ0n) is 22.1. The number of hydrogen-bond donors (Lipinski definition) is 1. The molecule has 0 saturated carbocycles. The monoisotopic (exact) mass is 470 g/mol. The van der Waals surface area contributed by atoms with Crippen molar-refractivity contribution in [3.8, 4) is 0 Å². The lowest BCUT2D eigenvalue weighted by atomic mass is 10.0. The van der Waals surface area contributed by atoms with Gasteiger partial charge in [0.15, 0.2) is 0 Å². The van der Waals surface area contributed by atoms with Crippen LogP contribution < -0.4 is 0 Å². The second kappa shape index (κ2) is 24.0. The molecular weight excluding hydrogens is 416 g/mol. The number of hydrogen-bond acceptors (Lipinski definition) is 5. The Labute approximate surface area is 204 Å². The third-order valence-electron chi connectivity index (χ3n) is 6.02. The Hall–Kier alpha value is -1.10. The number of ether oxygens (including phenoxy) is 2. The Bertz CT molecular complexity index is 450. The predicted octanol–water partition coefficient (Wildman–Crippen LogP) is 7.52. The summed E-state index contributed by atoms with van der Waals surface area (Å²) in [5.41, 5.74) is 0. The SMILES string of the molecule is CCCCCCCCCCCC(=O)OC[C@@H](O)COC(=O)CCCCCCCCCC(C)C. The zero-order valence-corrected chi connectivity index (χ0v) is 22.1. The van der Waals surface area contributed by atoms with Crippen LogP contribution in [0.1, 0.15) is 143 Å². The standard InChI is InChI=1S/C28H54O5/c1-4-5-6-7-8-9-12-15-18-21-27(30)32-23-26(29)24-33-28(31)22-19-16-13-10-11-14-17-20-25(2)3/h25-26,29H,4-24H2,1-3H3/t26-/m1/s1. The molecule has 0 bridgehead atoms. The lowest BCUT2D eigenvalue weighted by Crippen LogP contribution is -2.25. The van der Waals surface area contributed by atoms with Crippen LogP contribution in [-0.4, -0.2) is 36.4 Å². The minimum absolute atomic E-state index is 0.111. The van der Waals surface area contributed by atoms with E-state index in [1.54, 1.807) is 0 Å². The van der Waals surface area contributed by atoms with E-state index >= 15 is 0 Å². The summed E-state index contributed by atoms with van der Waals surface area (Å²) in [7, 11) is 0. The zero-order chi connectivity index (χ0) is 24.6. The van der Waals surface area contributed by atoms with Crippen LogP contribution in [0.3, 0.4) is 0 Å². The van der Waals surface area contributed by atoms with Gasteiger partial charge in [0.1, 0.15) is 19.3 Å². The molecule has 1 N–H and O–H groups in total. The van der Waals surface area contributed by atoms with Gasteiger partial charge in [-0.3, -0.25) is 9.59 Å². The molecule has 0 fully saturated rings. The van der Waals surface area contributed by atoms with Gasteiger partial charge in [-0.1, -0.05) is 117 Å². The molecule has 1 atom stereocenters. The summed E-state index contributed by atoms with van der Waals surface area (Å²) in [6, 6.07) is 0. The molecule has 0 aromatic carbocycles. The van der Waals surface area contributed by atoms with Crippen molar-refractivity contribution >= 4 is 11.9 Å². The fourth-order valence-corrected chi connectivity index (χ4v) is 3.86. The second-order valence-electron chi connectivity index (χ2n) is 10.0. The van der Waals surface area contributed by atoms with Gasteiger partial charge in [-0.05, 0) is 18.8 Å². The van der Waals surface area contributed by atoms with E-state index in [9.17, 15) is 14.7 Å². The maximum atomic E-state index is 11.8. The first kappa shape index (κ1) is 31.9. The van der Waals surface area contributed by atoms with Crippen molar-refractivity contribution in [2.45, 2.75) is 149 Å². The molecule has 0 unspecified atom stereocenters. The van der Waals surface area contributed by atoms with Crippen LogP contribution >= 0.6 is 0 Å². The first-order valence-electron chi connectivity index (χ1n) is 13.9. The van der Waals surface area contributed by atoms with Crippen LogP contribution in [0.2, 0.25) is 0 Å². The van der Waals surface area contributed by atoms with Crippen LogP contribution in [0, 0.1) is 5.92 Å². The van der Waals surface area contributed by atoms with Crippen molar-refractivity contribution < 1.29 is 24.2 Å². The van der Waals surface area contributed by atoms with Gasteiger partial charge in [-0.2, -0.15) is 0 Å². The summed E-state index contributed by atoms with van der Waals surface area (Å²) >= 11 is 0. The topological polar surface area (TPSA) is 72.8 Å². The molecule has 0 spiro atoms. The van der Waals surface area contributed by atoms with Crippen molar-refractivity contribution in [3.63, 3.8) is 0 Å². The Kier molecular flexibility index (Phi) is 23.2. The molecule has 0 radical (unpaired) electrons. The van der Waals surface area contributed by atoms with Crippen molar-refractivity contribution in [3.05, 3.63) is 0 Å². The summed E-state index contributed by atoms with van der Waals surface area (Å²) in [4.78, 5) is 23.6. The molecule has 0 aromatic rings. The highest BCUT2D eigenvalue weighted by molar-refractivity contribution is 5.69. The number of carbonyl (C=O) groups is 2. The fraction of sp³-hybridized carbons (Fsp3) is 0.929. The van der Waals surface area contributed by atoms with Gasteiger partial charge >= 0.3 is 11.9 Å². The third-order valence-corrected chi connectivity index (χ3v) is 6.02. The van der Waals surface area contributed by atoms with E-state index in [1.165, 1.54) is 70.6 Å². The number of aliphatic hydroxyl groups is 1. The summed E-state index contributed by atoms with van der Waals surface area (Å²) in [5, 5.41) is 9.87. The molecule has 0 aliphatic carbocycles. The van der Waals surface area contributed by atoms with E-state index in [1.807, 2.05) is 0 Å². The Morgan fingerprint density at radius 1 is 0.606 bits per heavy atom. The molecule has 196 valence electrons. The van der Waals surface area contributed by atoms with Gasteiger partial charge in [0.25, 0.3) is 0 Å². The van der Waals surface area contributed by atoms with Crippen molar-refractivity contribution in [1.82, 2.24) is 0 Å². The number of unbranched alkanes of at least 4 members (excludes halogenated alkanes) is 14. The van der Waals surface area contributed by atoms with E-state index in [4.69, 9.17) is 9.47 Å². The number of esters is 2. The van der Waals surface area contributed by atoms with Gasteiger partial charge in [-0.15, -0.1) is 0 Å². The molecule has 5 heteroatoms. The van der Waals surface area contributed by atoms with Gasteiger partial charge in [0, 0.05) is 12.8 Å². The minimum Gasteiger partial charge on any atom is -0.463 e. The van der Waals surface area contributed by atoms with E-state index in [0.717, 1.165) is 44.4 Å². The van der Waals surface area contributed by atoms with E-state index in [0.29, 0.717) is 12.8 Å². The van der Waals surface area contributed by atoms with Crippen LogP contribution in [0.5, 0.6) is 0 Å². The van der Waals surface area contributed by atoms with Crippen LogP contribution in [0.4, 0.5) is 0 Å². The molecular formula is C28H54O5. The van der Waals surface area contributed by atoms with Gasteiger partial charge in [0.05, 0.1) is 0 Å². The maximum absolute atomic E-state index is 11.8. The quantitative estimate of drug-likeness (QED) is 0.117. The van der Waals surface area contributed by atoms with Gasteiger partial charge in [-0.25, -0.2) is 0 Å². The molecule has 0 heterocycles. The van der Waals surface area contributed by atoms with Crippen molar-refractivity contribution in [1.29, 1.82) is 0 Å². The summed E-state index contributed by atoms with van der Waals surface area (Å²) in [6.45, 7) is 6.54. The summed E-state index contributed by atoms with van der Waals surface area (Å²) in [6.07, 6.45) is 20.1. The van der Waals surface area contributed by atoms with Gasteiger partial charge < -0.3 is 14.6 Å². The van der Waals surface area contributed by atoms with Crippen LogP contribution in [0.25, 0.3) is 0 Å². The largest absolute Gasteiger partial charge is 0.463 e. The Balaban J connectivity index is 3.46. The first-order valence-corrected chi connectivity index (χ1v) is 13.9. The number of rotatable bonds is 24. The Morgan fingerprint density at radius 3 is 1.36 bits per heavy atom. The van der Waals surface area contributed by atoms with Gasteiger partial charge in [0.2, 0.25) is 0 Å². The highest BCUT2D eigenvalue weighted by Gasteiger charge is 2.12. The molecule has 0 aromatic heterocycles. The van der Waals surface area contributed by atoms with E-state index < -0.39 is 6.10 Å². The summed E-state index contributed by atoms with van der Waals surface area (Å²) in [5.74, 6) is 0.227. The normalized spacial score (nSPS) is 12.2. The molecule has 33 heavy (non-hydrogen) atoms. The first-order chi connectivity index (χ1) is 16.0. The van der Waals surface area contributed by atoms with E-state index in [2.05, 4.69) is 20.8 Å².